The van der Waals surface area contributed by atoms with Crippen LogP contribution >= 0.6 is 0 Å². The molecule has 0 radical (unpaired) electrons. The van der Waals surface area contributed by atoms with E-state index in [1.165, 1.54) is 44.9 Å². The third-order valence-electron chi connectivity index (χ3n) is 10.7. The highest BCUT2D eigenvalue weighted by molar-refractivity contribution is 5.81. The lowest BCUT2D eigenvalue weighted by Crippen LogP contribution is -2.54. The number of aliphatic carboxylic acids is 1. The Labute approximate surface area is 187 Å². The molecule has 4 aliphatic rings. The van der Waals surface area contributed by atoms with Gasteiger partial charge in [-0.3, -0.25) is 9.59 Å². The number of rotatable bonds is 6. The molecule has 0 bridgehead atoms. The molecule has 4 saturated carbocycles. The summed E-state index contributed by atoms with van der Waals surface area (Å²) < 4.78 is 0. The number of aliphatic hydroxyl groups excluding tert-OH is 1. The van der Waals surface area contributed by atoms with Crippen molar-refractivity contribution in [1.29, 1.82) is 0 Å². The molecular formula is C26H43NO4. The van der Waals surface area contributed by atoms with E-state index < -0.39 is 5.97 Å². The lowest BCUT2D eigenvalue weighted by Gasteiger charge is -2.61. The largest absolute Gasteiger partial charge is 0.480 e. The molecule has 176 valence electrons. The van der Waals surface area contributed by atoms with Crippen molar-refractivity contribution in [2.75, 3.05) is 6.54 Å². The first-order valence-electron chi connectivity index (χ1n) is 12.8. The van der Waals surface area contributed by atoms with Crippen molar-refractivity contribution in [3.8, 4) is 0 Å². The quantitative estimate of drug-likeness (QED) is 0.570. The number of hydrogen-bond donors (Lipinski definition) is 3. The zero-order valence-corrected chi connectivity index (χ0v) is 19.7. The highest BCUT2D eigenvalue weighted by Gasteiger charge is 2.60. The molecule has 3 N–H and O–H groups in total. The van der Waals surface area contributed by atoms with Crippen LogP contribution < -0.4 is 5.32 Å². The van der Waals surface area contributed by atoms with E-state index in [9.17, 15) is 14.7 Å². The van der Waals surface area contributed by atoms with Crippen molar-refractivity contribution in [3.63, 3.8) is 0 Å². The summed E-state index contributed by atoms with van der Waals surface area (Å²) in [6.07, 6.45) is 12.3. The van der Waals surface area contributed by atoms with Crippen LogP contribution in [0.5, 0.6) is 0 Å². The van der Waals surface area contributed by atoms with Gasteiger partial charge in [-0.25, -0.2) is 0 Å². The second kappa shape index (κ2) is 8.68. The highest BCUT2D eigenvalue weighted by Crippen LogP contribution is 2.68. The number of fused-ring (bicyclic) bond motifs is 5. The predicted molar refractivity (Wildman–Crippen MR) is 120 cm³/mol. The van der Waals surface area contributed by atoms with Gasteiger partial charge in [0.15, 0.2) is 0 Å². The summed E-state index contributed by atoms with van der Waals surface area (Å²) in [6, 6.07) is 0. The standard InChI is InChI=1S/C26H43NO4/c1-16(4-9-23(29)27-15-24(30)31)20-7-8-21-19-6-5-17-14-18(28)10-12-25(17,2)22(19)11-13-26(20,21)3/h16-22,28H,4-15H2,1-3H3,(H,27,29)(H,30,31)/t16-,17+,18-,19-,20-,21+,22+,25+,26-/m1/s1. The average molecular weight is 434 g/mol. The molecule has 0 aromatic heterocycles. The second-order valence-corrected chi connectivity index (χ2v) is 12.0. The van der Waals surface area contributed by atoms with Crippen LogP contribution in [0.15, 0.2) is 0 Å². The fourth-order valence-electron chi connectivity index (χ4n) is 9.03. The van der Waals surface area contributed by atoms with Gasteiger partial charge >= 0.3 is 5.97 Å². The third-order valence-corrected chi connectivity index (χ3v) is 10.7. The fraction of sp³-hybridized carbons (Fsp3) is 0.923. The molecule has 1 amide bonds. The summed E-state index contributed by atoms with van der Waals surface area (Å²) in [7, 11) is 0. The molecular weight excluding hydrogens is 390 g/mol. The Bertz CT molecular complexity index is 695. The molecule has 31 heavy (non-hydrogen) atoms. The third kappa shape index (κ3) is 4.16. The van der Waals surface area contributed by atoms with E-state index in [1.54, 1.807) is 0 Å². The van der Waals surface area contributed by atoms with Crippen molar-refractivity contribution in [3.05, 3.63) is 0 Å². The van der Waals surface area contributed by atoms with Crippen molar-refractivity contribution >= 4 is 11.9 Å². The number of carbonyl (C=O) groups is 2. The van der Waals surface area contributed by atoms with E-state index in [0.717, 1.165) is 37.0 Å². The Morgan fingerprint density at radius 3 is 2.45 bits per heavy atom. The summed E-state index contributed by atoms with van der Waals surface area (Å²) in [4.78, 5) is 22.7. The van der Waals surface area contributed by atoms with Crippen LogP contribution in [-0.4, -0.2) is 34.7 Å². The van der Waals surface area contributed by atoms with E-state index in [1.807, 2.05) is 0 Å². The van der Waals surface area contributed by atoms with Gasteiger partial charge in [0, 0.05) is 6.42 Å². The van der Waals surface area contributed by atoms with E-state index in [-0.39, 0.29) is 18.6 Å². The van der Waals surface area contributed by atoms with E-state index in [0.29, 0.717) is 35.0 Å². The molecule has 0 unspecified atom stereocenters. The summed E-state index contributed by atoms with van der Waals surface area (Å²) in [5.74, 6) is 3.23. The van der Waals surface area contributed by atoms with Crippen molar-refractivity contribution in [1.82, 2.24) is 5.32 Å². The van der Waals surface area contributed by atoms with Crippen LogP contribution in [0, 0.1) is 46.3 Å². The fourth-order valence-corrected chi connectivity index (χ4v) is 9.03. The molecule has 4 rings (SSSR count). The lowest BCUT2D eigenvalue weighted by molar-refractivity contribution is -0.138. The highest BCUT2D eigenvalue weighted by atomic mass is 16.4. The first-order valence-corrected chi connectivity index (χ1v) is 12.8. The van der Waals surface area contributed by atoms with Crippen molar-refractivity contribution in [2.45, 2.75) is 97.5 Å². The first kappa shape index (κ1) is 23.1. The van der Waals surface area contributed by atoms with Crippen LogP contribution in [0.1, 0.15) is 91.4 Å². The molecule has 9 atom stereocenters. The monoisotopic (exact) mass is 433 g/mol. The summed E-state index contributed by atoms with van der Waals surface area (Å²) in [5.41, 5.74) is 0.810. The number of carbonyl (C=O) groups excluding carboxylic acids is 1. The van der Waals surface area contributed by atoms with Crippen LogP contribution in [0.4, 0.5) is 0 Å². The minimum absolute atomic E-state index is 0.0760. The van der Waals surface area contributed by atoms with Crippen LogP contribution in [0.3, 0.4) is 0 Å². The number of amides is 1. The molecule has 4 fully saturated rings. The molecule has 0 aromatic carbocycles. The average Bonchev–Trinajstić information content (AvgIpc) is 3.08. The van der Waals surface area contributed by atoms with Crippen LogP contribution in [0.25, 0.3) is 0 Å². The number of carboxylic acids is 1. The number of carboxylic acid groups (broad SMARTS) is 1. The van der Waals surface area contributed by atoms with Crippen LogP contribution in [-0.2, 0) is 9.59 Å². The van der Waals surface area contributed by atoms with Gasteiger partial charge in [0.25, 0.3) is 0 Å². The Balaban J connectivity index is 1.40. The van der Waals surface area contributed by atoms with Gasteiger partial charge in [0.1, 0.15) is 6.54 Å². The van der Waals surface area contributed by atoms with E-state index in [2.05, 4.69) is 26.1 Å². The maximum atomic E-state index is 12.0. The molecule has 0 heterocycles. The Morgan fingerprint density at radius 1 is 1.00 bits per heavy atom. The number of aliphatic hydroxyl groups is 1. The zero-order chi connectivity index (χ0) is 22.4. The molecule has 0 aromatic rings. The van der Waals surface area contributed by atoms with Crippen molar-refractivity contribution < 1.29 is 19.8 Å². The van der Waals surface area contributed by atoms with Crippen molar-refractivity contribution in [2.24, 2.45) is 46.3 Å². The molecule has 0 spiro atoms. The number of hydrogen-bond acceptors (Lipinski definition) is 3. The number of nitrogens with one attached hydrogen (secondary N) is 1. The van der Waals surface area contributed by atoms with Gasteiger partial charge in [-0.05, 0) is 111 Å². The van der Waals surface area contributed by atoms with E-state index in [4.69, 9.17) is 5.11 Å². The molecule has 5 heteroatoms. The molecule has 0 saturated heterocycles. The van der Waals surface area contributed by atoms with Gasteiger partial charge in [0.2, 0.25) is 5.91 Å². The summed E-state index contributed by atoms with van der Waals surface area (Å²) in [6.45, 7) is 7.13. The maximum Gasteiger partial charge on any atom is 0.322 e. The van der Waals surface area contributed by atoms with Gasteiger partial charge < -0.3 is 15.5 Å². The predicted octanol–water partition coefficient (Wildman–Crippen LogP) is 4.62. The summed E-state index contributed by atoms with van der Waals surface area (Å²) in [5, 5.41) is 21.5. The van der Waals surface area contributed by atoms with E-state index >= 15 is 0 Å². The van der Waals surface area contributed by atoms with Crippen LogP contribution in [0.2, 0.25) is 0 Å². The van der Waals surface area contributed by atoms with Gasteiger partial charge in [-0.15, -0.1) is 0 Å². The SMILES string of the molecule is C[C@H](CCC(=O)NCC(=O)O)[C@H]1CC[C@H]2[C@H]3CC[C@H]4C[C@H](O)CC[C@]4(C)[C@H]3CC[C@]12C. The molecule has 4 aliphatic carbocycles. The maximum absolute atomic E-state index is 12.0. The minimum Gasteiger partial charge on any atom is -0.480 e. The second-order valence-electron chi connectivity index (χ2n) is 12.0. The normalized spacial score (nSPS) is 45.2. The Morgan fingerprint density at radius 2 is 1.71 bits per heavy atom. The van der Waals surface area contributed by atoms with Gasteiger partial charge in [0.05, 0.1) is 6.10 Å². The van der Waals surface area contributed by atoms with Gasteiger partial charge in [-0.2, -0.15) is 0 Å². The summed E-state index contributed by atoms with van der Waals surface area (Å²) >= 11 is 0. The molecule has 5 nitrogen and oxygen atoms in total. The smallest absolute Gasteiger partial charge is 0.322 e. The molecule has 0 aliphatic heterocycles. The topological polar surface area (TPSA) is 86.6 Å². The Hall–Kier alpha value is -1.10. The lowest BCUT2D eigenvalue weighted by atomic mass is 9.44. The first-order chi connectivity index (χ1) is 14.6. The minimum atomic E-state index is -0.986. The van der Waals surface area contributed by atoms with Gasteiger partial charge in [-0.1, -0.05) is 20.8 Å². The zero-order valence-electron chi connectivity index (χ0n) is 19.7. The Kier molecular flexibility index (Phi) is 6.46.